The summed E-state index contributed by atoms with van der Waals surface area (Å²) in [4.78, 5) is 17.0. The zero-order chi connectivity index (χ0) is 28.8. The van der Waals surface area contributed by atoms with Crippen molar-refractivity contribution in [2.75, 3.05) is 51.9 Å². The first kappa shape index (κ1) is 28.6. The number of rotatable bonds is 10. The minimum Gasteiger partial charge on any atom is -0.497 e. The second-order valence-electron chi connectivity index (χ2n) is 9.93. The summed E-state index contributed by atoms with van der Waals surface area (Å²) in [5.41, 5.74) is 3.23. The van der Waals surface area contributed by atoms with Crippen LogP contribution in [0.5, 0.6) is 5.75 Å². The standard InChI is InChI=1S/C31H34FN5O3S/c1-22(20-39-2)37-29(25-7-6-8-26(19-25)40-3)33-34-31(37)41-21-23-11-13-24(14-12-23)30(38)36-17-15-35(16-18-36)28-10-5-4-9-27(28)32/h4-14,19,22H,15-18,20-21H2,1-3H3/t22-/m1/s1. The van der Waals surface area contributed by atoms with Crippen LogP contribution in [-0.2, 0) is 10.5 Å². The second-order valence-corrected chi connectivity index (χ2v) is 10.9. The third-order valence-electron chi connectivity index (χ3n) is 7.17. The van der Waals surface area contributed by atoms with Gasteiger partial charge in [-0.3, -0.25) is 9.36 Å². The summed E-state index contributed by atoms with van der Waals surface area (Å²) in [7, 11) is 3.33. The number of anilines is 1. The Morgan fingerprint density at radius 1 is 0.976 bits per heavy atom. The van der Waals surface area contributed by atoms with E-state index in [0.29, 0.717) is 49.8 Å². The predicted octanol–water partition coefficient (Wildman–Crippen LogP) is 5.55. The summed E-state index contributed by atoms with van der Waals surface area (Å²) in [5, 5.41) is 9.79. The molecule has 1 aliphatic heterocycles. The minimum absolute atomic E-state index is 0.00606. The van der Waals surface area contributed by atoms with E-state index in [1.165, 1.54) is 6.07 Å². The average molecular weight is 576 g/mol. The Labute approximate surface area is 244 Å². The Morgan fingerprint density at radius 2 is 1.73 bits per heavy atom. The molecule has 1 aliphatic rings. The fraction of sp³-hybridized carbons (Fsp3) is 0.323. The normalized spacial score (nSPS) is 14.2. The maximum atomic E-state index is 14.2. The third-order valence-corrected chi connectivity index (χ3v) is 8.18. The highest BCUT2D eigenvalue weighted by molar-refractivity contribution is 7.98. The molecule has 1 atom stereocenters. The van der Waals surface area contributed by atoms with Crippen LogP contribution in [0.3, 0.4) is 0 Å². The summed E-state index contributed by atoms with van der Waals surface area (Å²) in [6.07, 6.45) is 0. The van der Waals surface area contributed by atoms with Crippen LogP contribution in [0, 0.1) is 5.82 Å². The number of halogens is 1. The summed E-state index contributed by atoms with van der Waals surface area (Å²) in [6, 6.07) is 22.3. The Balaban J connectivity index is 1.23. The number of benzene rings is 3. The summed E-state index contributed by atoms with van der Waals surface area (Å²) in [5.74, 6) is 1.95. The number of thioether (sulfide) groups is 1. The van der Waals surface area contributed by atoms with Gasteiger partial charge in [0.05, 0.1) is 25.4 Å². The van der Waals surface area contributed by atoms with E-state index in [4.69, 9.17) is 9.47 Å². The van der Waals surface area contributed by atoms with Crippen molar-refractivity contribution in [2.45, 2.75) is 23.9 Å². The lowest BCUT2D eigenvalue weighted by Crippen LogP contribution is -2.49. The fourth-order valence-corrected chi connectivity index (χ4v) is 5.97. The van der Waals surface area contributed by atoms with E-state index in [1.807, 2.05) is 64.4 Å². The maximum absolute atomic E-state index is 14.2. The van der Waals surface area contributed by atoms with E-state index in [1.54, 1.807) is 38.1 Å². The highest BCUT2D eigenvalue weighted by Crippen LogP contribution is 2.31. The predicted molar refractivity (Wildman–Crippen MR) is 159 cm³/mol. The average Bonchev–Trinajstić information content (AvgIpc) is 3.45. The summed E-state index contributed by atoms with van der Waals surface area (Å²) in [6.45, 7) is 4.90. The topological polar surface area (TPSA) is 72.7 Å². The Morgan fingerprint density at radius 3 is 2.44 bits per heavy atom. The molecule has 0 N–H and O–H groups in total. The zero-order valence-corrected chi connectivity index (χ0v) is 24.3. The van der Waals surface area contributed by atoms with E-state index in [0.717, 1.165) is 27.9 Å². The molecule has 0 unspecified atom stereocenters. The number of para-hydroxylation sites is 1. The van der Waals surface area contributed by atoms with Gasteiger partial charge in [0.25, 0.3) is 5.91 Å². The van der Waals surface area contributed by atoms with Crippen molar-refractivity contribution in [1.29, 1.82) is 0 Å². The monoisotopic (exact) mass is 575 g/mol. The molecule has 1 amide bonds. The lowest BCUT2D eigenvalue weighted by Gasteiger charge is -2.36. The number of amides is 1. The highest BCUT2D eigenvalue weighted by atomic mass is 32.2. The van der Waals surface area contributed by atoms with Crippen molar-refractivity contribution in [3.8, 4) is 17.1 Å². The quantitative estimate of drug-likeness (QED) is 0.230. The molecule has 8 nitrogen and oxygen atoms in total. The van der Waals surface area contributed by atoms with E-state index in [2.05, 4.69) is 21.7 Å². The van der Waals surface area contributed by atoms with Crippen LogP contribution in [0.2, 0.25) is 0 Å². The lowest BCUT2D eigenvalue weighted by molar-refractivity contribution is 0.0746. The number of nitrogens with zero attached hydrogens (tertiary/aromatic N) is 5. The number of piperazine rings is 1. The first-order chi connectivity index (χ1) is 20.0. The van der Waals surface area contributed by atoms with Gasteiger partial charge in [0.15, 0.2) is 11.0 Å². The molecule has 41 heavy (non-hydrogen) atoms. The number of methoxy groups -OCH3 is 2. The van der Waals surface area contributed by atoms with Gasteiger partial charge in [-0.05, 0) is 48.9 Å². The first-order valence-corrected chi connectivity index (χ1v) is 14.6. The van der Waals surface area contributed by atoms with Gasteiger partial charge in [0, 0.05) is 50.2 Å². The molecule has 5 rings (SSSR count). The van der Waals surface area contributed by atoms with Crippen molar-refractivity contribution < 1.29 is 18.7 Å². The van der Waals surface area contributed by atoms with Gasteiger partial charge < -0.3 is 19.3 Å². The smallest absolute Gasteiger partial charge is 0.253 e. The summed E-state index contributed by atoms with van der Waals surface area (Å²) >= 11 is 1.59. The van der Waals surface area contributed by atoms with Crippen LogP contribution in [-0.4, -0.2) is 72.6 Å². The second kappa shape index (κ2) is 13.2. The van der Waals surface area contributed by atoms with E-state index < -0.39 is 0 Å². The Kier molecular flexibility index (Phi) is 9.21. The van der Waals surface area contributed by atoms with Gasteiger partial charge >= 0.3 is 0 Å². The van der Waals surface area contributed by atoms with E-state index >= 15 is 0 Å². The molecule has 1 fully saturated rings. The number of ether oxygens (including phenoxy) is 2. The molecule has 0 radical (unpaired) electrons. The van der Waals surface area contributed by atoms with Gasteiger partial charge in [-0.15, -0.1) is 10.2 Å². The molecule has 0 spiro atoms. The number of aromatic nitrogens is 3. The van der Waals surface area contributed by atoms with Gasteiger partial charge in [-0.25, -0.2) is 4.39 Å². The van der Waals surface area contributed by atoms with Crippen LogP contribution in [0.25, 0.3) is 11.4 Å². The Hall–Kier alpha value is -3.89. The van der Waals surface area contributed by atoms with Crippen LogP contribution in [0.4, 0.5) is 10.1 Å². The van der Waals surface area contributed by atoms with Crippen LogP contribution in [0.15, 0.2) is 78.0 Å². The van der Waals surface area contributed by atoms with Crippen molar-refractivity contribution in [1.82, 2.24) is 19.7 Å². The molecule has 0 saturated carbocycles. The van der Waals surface area contributed by atoms with Crippen LogP contribution >= 0.6 is 11.8 Å². The fourth-order valence-electron chi connectivity index (χ4n) is 4.98. The molecular weight excluding hydrogens is 541 g/mol. The molecule has 4 aromatic rings. The van der Waals surface area contributed by atoms with Gasteiger partial charge in [0.2, 0.25) is 0 Å². The number of carbonyl (C=O) groups excluding carboxylic acids is 1. The minimum atomic E-state index is -0.233. The van der Waals surface area contributed by atoms with E-state index in [9.17, 15) is 9.18 Å². The molecule has 214 valence electrons. The van der Waals surface area contributed by atoms with Crippen LogP contribution < -0.4 is 9.64 Å². The molecule has 2 heterocycles. The number of carbonyl (C=O) groups is 1. The van der Waals surface area contributed by atoms with Crippen molar-refractivity contribution >= 4 is 23.4 Å². The summed E-state index contributed by atoms with van der Waals surface area (Å²) < 4.78 is 27.1. The van der Waals surface area contributed by atoms with Crippen molar-refractivity contribution in [3.63, 3.8) is 0 Å². The van der Waals surface area contributed by atoms with Crippen LogP contribution in [0.1, 0.15) is 28.9 Å². The van der Waals surface area contributed by atoms with Gasteiger partial charge in [-0.1, -0.05) is 48.2 Å². The Bertz CT molecular complexity index is 1470. The zero-order valence-electron chi connectivity index (χ0n) is 23.5. The molecule has 3 aromatic carbocycles. The largest absolute Gasteiger partial charge is 0.497 e. The van der Waals surface area contributed by atoms with E-state index in [-0.39, 0.29) is 17.8 Å². The molecule has 10 heteroatoms. The molecule has 0 bridgehead atoms. The number of hydrogen-bond donors (Lipinski definition) is 0. The number of hydrogen-bond acceptors (Lipinski definition) is 7. The van der Waals surface area contributed by atoms with Crippen molar-refractivity contribution in [2.24, 2.45) is 0 Å². The highest BCUT2D eigenvalue weighted by Gasteiger charge is 2.24. The molecule has 0 aliphatic carbocycles. The molecule has 1 saturated heterocycles. The molecule has 1 aromatic heterocycles. The maximum Gasteiger partial charge on any atom is 0.253 e. The first-order valence-electron chi connectivity index (χ1n) is 13.6. The molecular formula is C31H34FN5O3S. The van der Waals surface area contributed by atoms with Gasteiger partial charge in [0.1, 0.15) is 11.6 Å². The third kappa shape index (κ3) is 6.55. The lowest BCUT2D eigenvalue weighted by atomic mass is 10.1. The van der Waals surface area contributed by atoms with Gasteiger partial charge in [-0.2, -0.15) is 0 Å². The van der Waals surface area contributed by atoms with Crippen molar-refractivity contribution in [3.05, 3.63) is 89.7 Å². The SMILES string of the molecule is COC[C@@H](C)n1c(SCc2ccc(C(=O)N3CCN(c4ccccc4F)CC3)cc2)nnc1-c1cccc(OC)c1.